The van der Waals surface area contributed by atoms with Crippen LogP contribution in [-0.2, 0) is 6.54 Å². The Morgan fingerprint density at radius 2 is 1.94 bits per heavy atom. The number of aromatic carboxylic acids is 1. The third kappa shape index (κ3) is 3.47. The first-order valence-corrected chi connectivity index (χ1v) is 11.4. The van der Waals surface area contributed by atoms with Crippen molar-refractivity contribution in [3.8, 4) is 17.0 Å². The predicted octanol–water partition coefficient (Wildman–Crippen LogP) is 5.32. The average molecular weight is 437 g/mol. The van der Waals surface area contributed by atoms with Crippen LogP contribution in [0.5, 0.6) is 5.75 Å². The Balaban J connectivity index is 1.86. The number of ether oxygens (including phenoxy) is 1. The van der Waals surface area contributed by atoms with Crippen molar-refractivity contribution in [3.05, 3.63) is 53.6 Å². The van der Waals surface area contributed by atoms with E-state index in [1.165, 1.54) is 0 Å². The molecule has 2 aliphatic rings. The number of likely N-dealkylation sites (N-methyl/N-ethyl adjacent to an activating group) is 1. The van der Waals surface area contributed by atoms with Gasteiger partial charge in [0.2, 0.25) is 0 Å². The summed E-state index contributed by atoms with van der Waals surface area (Å²) in [5.74, 6) is -0.374. The van der Waals surface area contributed by atoms with Crippen molar-refractivity contribution < 1.29 is 19.0 Å². The highest BCUT2D eigenvalue weighted by atomic mass is 19.1. The van der Waals surface area contributed by atoms with Crippen LogP contribution in [0.3, 0.4) is 0 Å². The Hall–Kier alpha value is -2.86. The van der Waals surface area contributed by atoms with Gasteiger partial charge in [0.25, 0.3) is 0 Å². The Morgan fingerprint density at radius 1 is 1.16 bits per heavy atom. The zero-order chi connectivity index (χ0) is 22.4. The summed E-state index contributed by atoms with van der Waals surface area (Å²) in [6, 6.07) is 13.3. The third-order valence-electron chi connectivity index (χ3n) is 7.10. The summed E-state index contributed by atoms with van der Waals surface area (Å²) in [4.78, 5) is 13.9. The second kappa shape index (κ2) is 8.24. The second-order valence-electron chi connectivity index (χ2n) is 9.24. The SMILES string of the molecule is CN(C)[C@H]1COc2ccccc2-c2c([C@H]3CCCC[C@H]3F)c3ccc(C(=O)O)cc3n2C1. The van der Waals surface area contributed by atoms with E-state index in [0.717, 1.165) is 52.7 Å². The molecule has 1 aliphatic heterocycles. The highest BCUT2D eigenvalue weighted by Gasteiger charge is 2.35. The Bertz CT molecular complexity index is 1170. The summed E-state index contributed by atoms with van der Waals surface area (Å²) in [6.07, 6.45) is 2.39. The molecule has 168 valence electrons. The standard InChI is InChI=1S/C26H29FN2O3/c1-28(2)17-14-29-22-13-16(26(30)31)11-12-19(22)24(18-7-3-5-9-21(18)27)25(29)20-8-4-6-10-23(20)32-15-17/h4,6,8,10-13,17-18,21H,3,5,7,9,14-15H2,1-2H3,(H,30,31)/t17-,18+,21-/m1/s1. The molecule has 0 amide bonds. The summed E-state index contributed by atoms with van der Waals surface area (Å²) in [7, 11) is 4.05. The van der Waals surface area contributed by atoms with E-state index in [2.05, 4.69) is 9.47 Å². The van der Waals surface area contributed by atoms with E-state index in [1.54, 1.807) is 12.1 Å². The van der Waals surface area contributed by atoms with Gasteiger partial charge < -0.3 is 19.3 Å². The maximum atomic E-state index is 15.3. The molecule has 5 rings (SSSR count). The fourth-order valence-electron chi connectivity index (χ4n) is 5.33. The number of carbonyl (C=O) groups is 1. The molecule has 2 heterocycles. The fraction of sp³-hybridized carbons (Fsp3) is 0.423. The normalized spacial score (nSPS) is 23.2. The maximum Gasteiger partial charge on any atom is 0.335 e. The Labute approximate surface area is 187 Å². The zero-order valence-electron chi connectivity index (χ0n) is 18.6. The average Bonchev–Trinajstić information content (AvgIpc) is 3.07. The number of halogens is 1. The molecule has 3 aromatic rings. The van der Waals surface area contributed by atoms with Gasteiger partial charge in [0.05, 0.1) is 17.3 Å². The van der Waals surface area contributed by atoms with Gasteiger partial charge in [0, 0.05) is 28.9 Å². The molecular formula is C26H29FN2O3. The molecule has 32 heavy (non-hydrogen) atoms. The van der Waals surface area contributed by atoms with Gasteiger partial charge in [0.15, 0.2) is 0 Å². The molecule has 1 aromatic heterocycles. The number of carboxylic acid groups (broad SMARTS) is 1. The van der Waals surface area contributed by atoms with Crippen LogP contribution in [0.4, 0.5) is 4.39 Å². The number of hydrogen-bond acceptors (Lipinski definition) is 3. The van der Waals surface area contributed by atoms with Gasteiger partial charge in [-0.3, -0.25) is 0 Å². The number of nitrogens with zero attached hydrogens (tertiary/aromatic N) is 2. The van der Waals surface area contributed by atoms with Crippen molar-refractivity contribution in [1.82, 2.24) is 9.47 Å². The van der Waals surface area contributed by atoms with Gasteiger partial charge >= 0.3 is 5.97 Å². The molecule has 1 aliphatic carbocycles. The molecule has 0 saturated heterocycles. The van der Waals surface area contributed by atoms with Crippen LogP contribution < -0.4 is 4.74 Å². The van der Waals surface area contributed by atoms with Crippen LogP contribution in [0.2, 0.25) is 0 Å². The molecule has 2 aromatic carbocycles. The summed E-state index contributed by atoms with van der Waals surface area (Å²) in [5, 5.41) is 10.6. The number of hydrogen-bond donors (Lipinski definition) is 1. The van der Waals surface area contributed by atoms with Crippen molar-refractivity contribution in [2.45, 2.75) is 50.4 Å². The van der Waals surface area contributed by atoms with Crippen LogP contribution in [0.1, 0.15) is 47.5 Å². The number of carboxylic acids is 1. The van der Waals surface area contributed by atoms with Gasteiger partial charge in [-0.15, -0.1) is 0 Å². The molecule has 1 N–H and O–H groups in total. The lowest BCUT2D eigenvalue weighted by Gasteiger charge is -2.31. The number of alkyl halides is 1. The van der Waals surface area contributed by atoms with Crippen molar-refractivity contribution in [2.75, 3.05) is 20.7 Å². The van der Waals surface area contributed by atoms with E-state index in [9.17, 15) is 9.90 Å². The van der Waals surface area contributed by atoms with Gasteiger partial charge in [-0.2, -0.15) is 0 Å². The molecule has 0 unspecified atom stereocenters. The minimum Gasteiger partial charge on any atom is -0.491 e. The topological polar surface area (TPSA) is 54.7 Å². The number of para-hydroxylation sites is 1. The van der Waals surface area contributed by atoms with Gasteiger partial charge in [-0.05, 0) is 56.8 Å². The lowest BCUT2D eigenvalue weighted by molar-refractivity contribution is 0.0697. The van der Waals surface area contributed by atoms with Crippen molar-refractivity contribution in [3.63, 3.8) is 0 Å². The van der Waals surface area contributed by atoms with Gasteiger partial charge in [-0.1, -0.05) is 31.0 Å². The van der Waals surface area contributed by atoms with E-state index in [4.69, 9.17) is 4.74 Å². The van der Waals surface area contributed by atoms with Crippen LogP contribution in [-0.4, -0.2) is 53.5 Å². The molecular weight excluding hydrogens is 407 g/mol. The van der Waals surface area contributed by atoms with E-state index < -0.39 is 12.1 Å². The molecule has 3 atom stereocenters. The van der Waals surface area contributed by atoms with Crippen molar-refractivity contribution in [2.24, 2.45) is 0 Å². The number of rotatable bonds is 3. The second-order valence-corrected chi connectivity index (χ2v) is 9.24. The minimum absolute atomic E-state index is 0.0894. The van der Waals surface area contributed by atoms with E-state index >= 15 is 4.39 Å². The zero-order valence-corrected chi connectivity index (χ0v) is 18.6. The predicted molar refractivity (Wildman–Crippen MR) is 123 cm³/mol. The third-order valence-corrected chi connectivity index (χ3v) is 7.10. The molecule has 0 bridgehead atoms. The van der Waals surface area contributed by atoms with Crippen molar-refractivity contribution >= 4 is 16.9 Å². The van der Waals surface area contributed by atoms with E-state index in [0.29, 0.717) is 19.6 Å². The van der Waals surface area contributed by atoms with E-state index in [-0.39, 0.29) is 17.5 Å². The lowest BCUT2D eigenvalue weighted by Crippen LogP contribution is -2.38. The Morgan fingerprint density at radius 3 is 2.69 bits per heavy atom. The fourth-order valence-corrected chi connectivity index (χ4v) is 5.33. The summed E-state index contributed by atoms with van der Waals surface area (Å²) >= 11 is 0. The van der Waals surface area contributed by atoms with Crippen LogP contribution >= 0.6 is 0 Å². The summed E-state index contributed by atoms with van der Waals surface area (Å²) in [5.41, 5.74) is 4.03. The summed E-state index contributed by atoms with van der Waals surface area (Å²) < 4.78 is 23.8. The van der Waals surface area contributed by atoms with Crippen LogP contribution in [0, 0.1) is 0 Å². The van der Waals surface area contributed by atoms with Crippen LogP contribution in [0.15, 0.2) is 42.5 Å². The first-order chi connectivity index (χ1) is 15.5. The first kappa shape index (κ1) is 21.0. The number of benzene rings is 2. The molecule has 5 nitrogen and oxygen atoms in total. The van der Waals surface area contributed by atoms with Gasteiger partial charge in [0.1, 0.15) is 18.5 Å². The minimum atomic E-state index is -0.955. The molecule has 1 saturated carbocycles. The Kier molecular flexibility index (Phi) is 5.41. The molecule has 0 spiro atoms. The number of fused-ring (bicyclic) bond motifs is 5. The quantitative estimate of drug-likeness (QED) is 0.603. The maximum absolute atomic E-state index is 15.3. The largest absolute Gasteiger partial charge is 0.491 e. The summed E-state index contributed by atoms with van der Waals surface area (Å²) in [6.45, 7) is 1.16. The monoisotopic (exact) mass is 436 g/mol. The molecule has 0 radical (unpaired) electrons. The molecule has 6 heteroatoms. The van der Waals surface area contributed by atoms with Gasteiger partial charge in [-0.25, -0.2) is 9.18 Å². The van der Waals surface area contributed by atoms with E-state index in [1.807, 2.05) is 44.4 Å². The number of aromatic nitrogens is 1. The lowest BCUT2D eigenvalue weighted by atomic mass is 9.80. The highest BCUT2D eigenvalue weighted by Crippen LogP contribution is 2.47. The first-order valence-electron chi connectivity index (χ1n) is 11.4. The molecule has 1 fully saturated rings. The van der Waals surface area contributed by atoms with Crippen molar-refractivity contribution in [1.29, 1.82) is 0 Å². The van der Waals surface area contributed by atoms with Crippen LogP contribution in [0.25, 0.3) is 22.2 Å². The highest BCUT2D eigenvalue weighted by molar-refractivity contribution is 5.98. The smallest absolute Gasteiger partial charge is 0.335 e.